The first-order valence-electron chi connectivity index (χ1n) is 7.36. The molecule has 0 atom stereocenters. The molecule has 114 valence electrons. The van der Waals surface area contributed by atoms with Crippen molar-refractivity contribution in [3.63, 3.8) is 0 Å². The molecule has 0 N–H and O–H groups in total. The fourth-order valence-electron chi connectivity index (χ4n) is 3.15. The molecule has 4 nitrogen and oxygen atoms in total. The van der Waals surface area contributed by atoms with Crippen LogP contribution in [0.3, 0.4) is 0 Å². The van der Waals surface area contributed by atoms with Crippen LogP contribution >= 0.6 is 0 Å². The number of ether oxygens (including phenoxy) is 2. The Kier molecular flexibility index (Phi) is 3.84. The van der Waals surface area contributed by atoms with Gasteiger partial charge in [-0.3, -0.25) is 4.79 Å². The van der Waals surface area contributed by atoms with Gasteiger partial charge < -0.3 is 9.47 Å². The van der Waals surface area contributed by atoms with E-state index in [1.165, 1.54) is 7.11 Å². The monoisotopic (exact) mass is 298 g/mol. The second-order valence-electron chi connectivity index (χ2n) is 5.52. The third-order valence-corrected chi connectivity index (χ3v) is 4.26. The molecule has 1 aromatic carbocycles. The molecule has 2 aliphatic carbocycles. The van der Waals surface area contributed by atoms with E-state index in [9.17, 15) is 9.59 Å². The van der Waals surface area contributed by atoms with Crippen molar-refractivity contribution in [2.45, 2.75) is 25.7 Å². The lowest BCUT2D eigenvalue weighted by molar-refractivity contribution is -0.136. The summed E-state index contributed by atoms with van der Waals surface area (Å²) in [6, 6.07) is 5.76. The lowest BCUT2D eigenvalue weighted by Crippen LogP contribution is -2.13. The van der Waals surface area contributed by atoms with Crippen LogP contribution in [0.5, 0.6) is 5.75 Å². The second-order valence-corrected chi connectivity index (χ2v) is 5.52. The number of allylic oxidation sites excluding steroid dienone is 2. The van der Waals surface area contributed by atoms with Gasteiger partial charge in [0.1, 0.15) is 5.75 Å². The lowest BCUT2D eigenvalue weighted by atomic mass is 9.84. The largest absolute Gasteiger partial charge is 0.497 e. The highest BCUT2D eigenvalue weighted by Gasteiger charge is 2.28. The number of fused-ring (bicyclic) bond motifs is 2. The summed E-state index contributed by atoms with van der Waals surface area (Å²) in [5.74, 6) is 0.478. The van der Waals surface area contributed by atoms with Gasteiger partial charge >= 0.3 is 5.97 Å². The fourth-order valence-corrected chi connectivity index (χ4v) is 3.15. The Morgan fingerprint density at radius 1 is 1.14 bits per heavy atom. The summed E-state index contributed by atoms with van der Waals surface area (Å²) >= 11 is 0. The summed E-state index contributed by atoms with van der Waals surface area (Å²) in [7, 11) is 2.97. The molecule has 0 saturated heterocycles. The van der Waals surface area contributed by atoms with Crippen LogP contribution in [0.25, 0.3) is 11.6 Å². The van der Waals surface area contributed by atoms with Gasteiger partial charge in [0.2, 0.25) is 0 Å². The normalized spacial score (nSPS) is 17.2. The highest BCUT2D eigenvalue weighted by atomic mass is 16.5. The maximum atomic E-state index is 12.3. The Balaban J connectivity index is 2.21. The molecular weight excluding hydrogens is 280 g/mol. The molecule has 1 aromatic rings. The van der Waals surface area contributed by atoms with Crippen molar-refractivity contribution >= 4 is 23.4 Å². The van der Waals surface area contributed by atoms with Gasteiger partial charge in [0, 0.05) is 24.0 Å². The maximum Gasteiger partial charge on any atom is 0.334 e. The summed E-state index contributed by atoms with van der Waals surface area (Å²) in [6.45, 7) is 0. The van der Waals surface area contributed by atoms with Crippen LogP contribution in [-0.2, 0) is 14.3 Å². The molecular formula is C18H18O4. The summed E-state index contributed by atoms with van der Waals surface area (Å²) < 4.78 is 10.1. The van der Waals surface area contributed by atoms with E-state index >= 15 is 0 Å². The predicted octanol–water partition coefficient (Wildman–Crippen LogP) is 3.16. The van der Waals surface area contributed by atoms with E-state index in [0.29, 0.717) is 18.4 Å². The molecule has 0 bridgehead atoms. The molecule has 0 heterocycles. The molecule has 4 heteroatoms. The number of ketones is 1. The number of hydrogen-bond acceptors (Lipinski definition) is 4. The van der Waals surface area contributed by atoms with E-state index in [-0.39, 0.29) is 11.8 Å². The predicted molar refractivity (Wildman–Crippen MR) is 83.4 cm³/mol. The van der Waals surface area contributed by atoms with Gasteiger partial charge in [-0.05, 0) is 47.8 Å². The van der Waals surface area contributed by atoms with Gasteiger partial charge in [0.05, 0.1) is 14.2 Å². The smallest absolute Gasteiger partial charge is 0.334 e. The summed E-state index contributed by atoms with van der Waals surface area (Å²) in [6.07, 6.45) is 4.44. The minimum Gasteiger partial charge on any atom is -0.497 e. The topological polar surface area (TPSA) is 52.6 Å². The third-order valence-electron chi connectivity index (χ3n) is 4.26. The first kappa shape index (κ1) is 14.6. The van der Waals surface area contributed by atoms with Crippen LogP contribution in [-0.4, -0.2) is 26.0 Å². The highest BCUT2D eigenvalue weighted by molar-refractivity contribution is 6.09. The van der Waals surface area contributed by atoms with Crippen LogP contribution in [0.2, 0.25) is 0 Å². The zero-order chi connectivity index (χ0) is 15.7. The van der Waals surface area contributed by atoms with Crippen LogP contribution in [0.15, 0.2) is 29.3 Å². The molecule has 0 saturated carbocycles. The van der Waals surface area contributed by atoms with Crippen molar-refractivity contribution < 1.29 is 19.1 Å². The number of methoxy groups -OCH3 is 2. The molecule has 22 heavy (non-hydrogen) atoms. The number of benzene rings is 1. The maximum absolute atomic E-state index is 12.3. The van der Waals surface area contributed by atoms with E-state index < -0.39 is 0 Å². The number of hydrogen-bond donors (Lipinski definition) is 0. The first-order chi connectivity index (χ1) is 10.6. The Labute approximate surface area is 129 Å². The Bertz CT molecular complexity index is 710. The third kappa shape index (κ3) is 2.45. The molecule has 0 aromatic heterocycles. The average molecular weight is 298 g/mol. The molecule has 0 radical (unpaired) electrons. The van der Waals surface area contributed by atoms with Gasteiger partial charge in [-0.2, -0.15) is 0 Å². The Hall–Kier alpha value is -2.36. The molecule has 0 unspecified atom stereocenters. The average Bonchev–Trinajstić information content (AvgIpc) is 2.71. The minimum absolute atomic E-state index is 0.139. The standard InChI is InChI=1S/C18H18O4/c1-21-13-6-7-14-11(9-13)8-12(18(20)22-2)10-16-15(14)4-3-5-17(16)19/h6-9H,3-5,10H2,1-2H3. The highest BCUT2D eigenvalue weighted by Crippen LogP contribution is 2.39. The molecule has 2 aliphatic rings. The molecule has 0 amide bonds. The number of Topliss-reactive ketones (excluding diaryl/α,β-unsaturated/α-hetero) is 1. The lowest BCUT2D eigenvalue weighted by Gasteiger charge is -2.19. The van der Waals surface area contributed by atoms with Gasteiger partial charge in [0.25, 0.3) is 0 Å². The van der Waals surface area contributed by atoms with Gasteiger partial charge in [-0.25, -0.2) is 4.79 Å². The van der Waals surface area contributed by atoms with Crippen molar-refractivity contribution in [2.24, 2.45) is 0 Å². The van der Waals surface area contributed by atoms with E-state index in [2.05, 4.69) is 0 Å². The van der Waals surface area contributed by atoms with Gasteiger partial charge in [0.15, 0.2) is 5.78 Å². The summed E-state index contributed by atoms with van der Waals surface area (Å²) in [5.41, 5.74) is 4.25. The van der Waals surface area contributed by atoms with Crippen molar-refractivity contribution in [1.29, 1.82) is 0 Å². The number of esters is 1. The fraction of sp³-hybridized carbons (Fsp3) is 0.333. The Morgan fingerprint density at radius 2 is 1.95 bits per heavy atom. The van der Waals surface area contributed by atoms with Gasteiger partial charge in [-0.15, -0.1) is 0 Å². The zero-order valence-corrected chi connectivity index (χ0v) is 12.8. The number of rotatable bonds is 2. The molecule has 0 fully saturated rings. The van der Waals surface area contributed by atoms with E-state index in [0.717, 1.165) is 40.9 Å². The van der Waals surface area contributed by atoms with Crippen LogP contribution in [0.4, 0.5) is 0 Å². The molecule has 0 aliphatic heterocycles. The van der Waals surface area contributed by atoms with Crippen molar-refractivity contribution in [2.75, 3.05) is 14.2 Å². The summed E-state index contributed by atoms with van der Waals surface area (Å²) in [5, 5.41) is 0. The Morgan fingerprint density at radius 3 is 2.68 bits per heavy atom. The zero-order valence-electron chi connectivity index (χ0n) is 12.8. The number of carbonyl (C=O) groups is 2. The SMILES string of the molecule is COC(=O)C1=Cc2cc(OC)ccc2C2=C(C1)C(=O)CCC2. The van der Waals surface area contributed by atoms with Crippen LogP contribution < -0.4 is 4.74 Å². The van der Waals surface area contributed by atoms with Gasteiger partial charge in [-0.1, -0.05) is 6.07 Å². The van der Waals surface area contributed by atoms with Crippen LogP contribution in [0.1, 0.15) is 36.8 Å². The van der Waals surface area contributed by atoms with E-state index in [1.807, 2.05) is 24.3 Å². The van der Waals surface area contributed by atoms with Crippen LogP contribution in [0, 0.1) is 0 Å². The van der Waals surface area contributed by atoms with Crippen molar-refractivity contribution in [1.82, 2.24) is 0 Å². The molecule has 0 spiro atoms. The van der Waals surface area contributed by atoms with E-state index in [1.54, 1.807) is 7.11 Å². The first-order valence-corrected chi connectivity index (χ1v) is 7.36. The quantitative estimate of drug-likeness (QED) is 0.787. The van der Waals surface area contributed by atoms with Crippen molar-refractivity contribution in [3.05, 3.63) is 40.5 Å². The minimum atomic E-state index is -0.388. The van der Waals surface area contributed by atoms with E-state index in [4.69, 9.17) is 9.47 Å². The van der Waals surface area contributed by atoms with Crippen molar-refractivity contribution in [3.8, 4) is 5.75 Å². The number of carbonyl (C=O) groups excluding carboxylic acids is 2. The summed E-state index contributed by atoms with van der Waals surface area (Å²) in [4.78, 5) is 24.3. The molecule has 3 rings (SSSR count). The second kappa shape index (κ2) is 5.79.